The third kappa shape index (κ3) is 5.03. The average molecular weight is 538 g/mol. The summed E-state index contributed by atoms with van der Waals surface area (Å²) in [6.07, 6.45) is 5.74. The van der Waals surface area contributed by atoms with Gasteiger partial charge in [0.1, 0.15) is 5.75 Å². The fourth-order valence-electron chi connectivity index (χ4n) is 2.99. The fraction of sp³-hybridized carbons (Fsp3) is 0. The molecule has 0 radical (unpaired) electrons. The largest absolute Gasteiger partial charge is 0.423 e. The molecule has 0 saturated carbocycles. The molecule has 0 fully saturated rings. The van der Waals surface area contributed by atoms with Crippen LogP contribution in [0.1, 0.15) is 20.7 Å². The van der Waals surface area contributed by atoms with E-state index in [1.165, 1.54) is 85.5 Å². The summed E-state index contributed by atoms with van der Waals surface area (Å²) in [5, 5.41) is 0. The third-order valence-electron chi connectivity index (χ3n) is 4.66. The first kappa shape index (κ1) is 23.3. The molecule has 4 rings (SSSR count). The summed E-state index contributed by atoms with van der Waals surface area (Å²) in [4.78, 5) is 33.2. The van der Waals surface area contributed by atoms with Gasteiger partial charge in [-0.15, -0.1) is 0 Å². The second-order valence-electron chi connectivity index (χ2n) is 6.88. The molecule has 0 aliphatic carbocycles. The third-order valence-corrected chi connectivity index (χ3v) is 6.92. The van der Waals surface area contributed by atoms with Crippen molar-refractivity contribution >= 4 is 43.5 Å². The van der Waals surface area contributed by atoms with Gasteiger partial charge in [0.05, 0.1) is 16.1 Å². The van der Waals surface area contributed by atoms with Crippen LogP contribution in [0, 0.1) is 0 Å². The molecule has 0 N–H and O–H groups in total. The van der Waals surface area contributed by atoms with Gasteiger partial charge in [0.2, 0.25) is 0 Å². The molecule has 2 aromatic carbocycles. The van der Waals surface area contributed by atoms with E-state index in [9.17, 15) is 18.0 Å². The lowest BCUT2D eigenvalue weighted by Crippen LogP contribution is -2.37. The number of ether oxygens (including phenoxy) is 1. The van der Waals surface area contributed by atoms with Crippen LogP contribution < -0.4 is 9.04 Å². The monoisotopic (exact) mass is 537 g/mol. The van der Waals surface area contributed by atoms with E-state index in [4.69, 9.17) is 4.74 Å². The molecule has 2 aromatic heterocycles. The lowest BCUT2D eigenvalue weighted by Gasteiger charge is -2.23. The van der Waals surface area contributed by atoms with Crippen molar-refractivity contribution in [2.24, 2.45) is 0 Å². The molecule has 0 bridgehead atoms. The number of carbonyl (C=O) groups excluding carboxylic acids is 2. The summed E-state index contributed by atoms with van der Waals surface area (Å²) in [7, 11) is -4.27. The van der Waals surface area contributed by atoms with Crippen molar-refractivity contribution in [1.82, 2.24) is 9.97 Å². The van der Waals surface area contributed by atoms with Gasteiger partial charge >= 0.3 is 5.97 Å². The van der Waals surface area contributed by atoms with Gasteiger partial charge in [-0.3, -0.25) is 14.8 Å². The van der Waals surface area contributed by atoms with Crippen molar-refractivity contribution in [3.8, 4) is 5.75 Å². The van der Waals surface area contributed by atoms with Gasteiger partial charge in [0.15, 0.2) is 0 Å². The highest BCUT2D eigenvalue weighted by Crippen LogP contribution is 2.28. The number of pyridine rings is 2. The zero-order chi connectivity index (χ0) is 24.1. The Morgan fingerprint density at radius 1 is 0.735 bits per heavy atom. The quantitative estimate of drug-likeness (QED) is 0.263. The number of halogens is 1. The second-order valence-corrected chi connectivity index (χ2v) is 9.59. The highest BCUT2D eigenvalue weighted by atomic mass is 79.9. The zero-order valence-electron chi connectivity index (χ0n) is 17.4. The number of benzene rings is 2. The van der Waals surface area contributed by atoms with E-state index in [-0.39, 0.29) is 21.9 Å². The van der Waals surface area contributed by atoms with E-state index in [1.807, 2.05) is 0 Å². The number of carbonyl (C=O) groups is 2. The minimum Gasteiger partial charge on any atom is -0.423 e. The minimum absolute atomic E-state index is 0.0636. The average Bonchev–Trinajstić information content (AvgIpc) is 2.86. The Bertz CT molecular complexity index is 1410. The molecular weight excluding hydrogens is 522 g/mol. The molecule has 0 aliphatic rings. The van der Waals surface area contributed by atoms with E-state index in [2.05, 4.69) is 25.9 Å². The SMILES string of the molecule is O=C(Oc1ccc(N(C(=O)c2ccncc2)S(=O)(=O)c2ccc(Br)cc2)cc1)c1ccncc1. The smallest absolute Gasteiger partial charge is 0.343 e. The van der Waals surface area contributed by atoms with Gasteiger partial charge in [-0.05, 0) is 72.8 Å². The highest BCUT2D eigenvalue weighted by Gasteiger charge is 2.32. The van der Waals surface area contributed by atoms with E-state index in [0.29, 0.717) is 14.3 Å². The van der Waals surface area contributed by atoms with Crippen molar-refractivity contribution in [2.45, 2.75) is 4.90 Å². The Morgan fingerprint density at radius 3 is 1.82 bits per heavy atom. The number of nitrogens with zero attached hydrogens (tertiary/aromatic N) is 3. The van der Waals surface area contributed by atoms with Gasteiger partial charge < -0.3 is 4.74 Å². The van der Waals surface area contributed by atoms with Crippen molar-refractivity contribution in [1.29, 1.82) is 0 Å². The predicted octanol–water partition coefficient (Wildman–Crippen LogP) is 4.49. The van der Waals surface area contributed by atoms with E-state index < -0.39 is 21.9 Å². The standard InChI is InChI=1S/C24H16BrN3O5S/c25-19-1-7-22(8-2-19)34(31,32)28(23(29)17-9-13-26-14-10-17)20-3-5-21(6-4-20)33-24(30)18-11-15-27-16-12-18/h1-16H. The summed E-state index contributed by atoms with van der Waals surface area (Å²) in [6.45, 7) is 0. The molecule has 0 atom stereocenters. The van der Waals surface area contributed by atoms with Crippen LogP contribution in [0.25, 0.3) is 0 Å². The molecule has 4 aromatic rings. The lowest BCUT2D eigenvalue weighted by molar-refractivity contribution is 0.0734. The Kier molecular flexibility index (Phi) is 6.80. The van der Waals surface area contributed by atoms with Crippen molar-refractivity contribution < 1.29 is 22.7 Å². The van der Waals surface area contributed by atoms with Gasteiger partial charge in [-0.2, -0.15) is 4.31 Å². The minimum atomic E-state index is -4.27. The molecule has 170 valence electrons. The summed E-state index contributed by atoms with van der Waals surface area (Å²) < 4.78 is 33.7. The van der Waals surface area contributed by atoms with Crippen LogP contribution in [0.3, 0.4) is 0 Å². The van der Waals surface area contributed by atoms with Crippen LogP contribution in [0.2, 0.25) is 0 Å². The van der Waals surface area contributed by atoms with Gasteiger partial charge in [-0.25, -0.2) is 13.2 Å². The number of esters is 1. The number of sulfonamides is 1. The number of anilines is 1. The number of aromatic nitrogens is 2. The summed E-state index contributed by atoms with van der Waals surface area (Å²) in [6, 6.07) is 17.4. The van der Waals surface area contributed by atoms with Gasteiger partial charge in [0.25, 0.3) is 15.9 Å². The first-order valence-electron chi connectivity index (χ1n) is 9.84. The molecule has 0 aliphatic heterocycles. The lowest BCUT2D eigenvalue weighted by atomic mass is 10.2. The Hall–Kier alpha value is -3.89. The normalized spacial score (nSPS) is 11.0. The summed E-state index contributed by atoms with van der Waals surface area (Å²) in [5.41, 5.74) is 0.531. The van der Waals surface area contributed by atoms with Crippen molar-refractivity contribution in [3.63, 3.8) is 0 Å². The number of amides is 1. The molecule has 8 nitrogen and oxygen atoms in total. The topological polar surface area (TPSA) is 107 Å². The molecule has 34 heavy (non-hydrogen) atoms. The van der Waals surface area contributed by atoms with Crippen LogP contribution in [-0.4, -0.2) is 30.3 Å². The Morgan fingerprint density at radius 2 is 1.26 bits per heavy atom. The number of rotatable bonds is 6. The second kappa shape index (κ2) is 9.94. The van der Waals surface area contributed by atoms with Crippen molar-refractivity contribution in [3.05, 3.63) is 113 Å². The Labute approximate surface area is 204 Å². The number of hydrogen-bond acceptors (Lipinski definition) is 7. The molecular formula is C24H16BrN3O5S. The zero-order valence-corrected chi connectivity index (χ0v) is 19.8. The molecule has 2 heterocycles. The molecule has 10 heteroatoms. The number of hydrogen-bond donors (Lipinski definition) is 0. The first-order chi connectivity index (χ1) is 16.4. The van der Waals surface area contributed by atoms with E-state index in [0.717, 1.165) is 0 Å². The van der Waals surface area contributed by atoms with Crippen LogP contribution in [0.5, 0.6) is 5.75 Å². The van der Waals surface area contributed by atoms with Crippen molar-refractivity contribution in [2.75, 3.05) is 4.31 Å². The van der Waals surface area contributed by atoms with Crippen LogP contribution in [0.4, 0.5) is 5.69 Å². The maximum Gasteiger partial charge on any atom is 0.343 e. The first-order valence-corrected chi connectivity index (χ1v) is 12.1. The maximum absolute atomic E-state index is 13.5. The van der Waals surface area contributed by atoms with Crippen LogP contribution in [0.15, 0.2) is 107 Å². The van der Waals surface area contributed by atoms with Gasteiger partial charge in [0, 0.05) is 34.8 Å². The molecule has 0 spiro atoms. The van der Waals surface area contributed by atoms with Crippen LogP contribution in [-0.2, 0) is 10.0 Å². The highest BCUT2D eigenvalue weighted by molar-refractivity contribution is 9.10. The van der Waals surface area contributed by atoms with E-state index in [1.54, 1.807) is 12.1 Å². The fourth-order valence-corrected chi connectivity index (χ4v) is 4.67. The summed E-state index contributed by atoms with van der Waals surface area (Å²) >= 11 is 3.28. The molecule has 1 amide bonds. The summed E-state index contributed by atoms with van der Waals surface area (Å²) in [5.74, 6) is -1.17. The van der Waals surface area contributed by atoms with Gasteiger partial charge in [-0.1, -0.05) is 15.9 Å². The Balaban J connectivity index is 1.70. The van der Waals surface area contributed by atoms with Crippen LogP contribution >= 0.6 is 15.9 Å². The predicted molar refractivity (Wildman–Crippen MR) is 128 cm³/mol. The van der Waals surface area contributed by atoms with E-state index >= 15 is 0 Å². The molecule has 0 unspecified atom stereocenters. The molecule has 0 saturated heterocycles. The maximum atomic E-state index is 13.5.